The molecule has 3 N–H and O–H groups in total. The molecule has 0 fully saturated rings. The molecule has 8 nitrogen and oxygen atoms in total. The van der Waals surface area contributed by atoms with E-state index in [1.54, 1.807) is 25.6 Å². The van der Waals surface area contributed by atoms with Gasteiger partial charge in [0.2, 0.25) is 0 Å². The summed E-state index contributed by atoms with van der Waals surface area (Å²) in [6, 6.07) is 18.7. The van der Waals surface area contributed by atoms with E-state index in [0.717, 1.165) is 27.7 Å². The van der Waals surface area contributed by atoms with Crippen molar-refractivity contribution in [1.29, 1.82) is 0 Å². The summed E-state index contributed by atoms with van der Waals surface area (Å²) in [6.45, 7) is 2.41. The molecular weight excluding hydrogens is 440 g/mol. The molecule has 174 valence electrons. The third-order valence-corrected chi connectivity index (χ3v) is 5.74. The number of nitrogens with one attached hydrogen (secondary N) is 3. The van der Waals surface area contributed by atoms with Crippen LogP contribution in [-0.4, -0.2) is 33.0 Å². The summed E-state index contributed by atoms with van der Waals surface area (Å²) < 4.78 is 5.42. The molecule has 0 spiro atoms. The first-order chi connectivity index (χ1) is 17.1. The maximum absolute atomic E-state index is 13.1. The molecule has 5 aromatic rings. The highest BCUT2D eigenvalue weighted by Gasteiger charge is 2.16. The third kappa shape index (κ3) is 4.67. The van der Waals surface area contributed by atoms with Crippen LogP contribution in [0, 0.1) is 6.92 Å². The molecule has 0 saturated carbocycles. The minimum absolute atomic E-state index is 0.189. The molecule has 3 heterocycles. The van der Waals surface area contributed by atoms with Gasteiger partial charge in [-0.1, -0.05) is 12.1 Å². The fraction of sp³-hybridized carbons (Fsp3) is 0.111. The molecule has 35 heavy (non-hydrogen) atoms. The summed E-state index contributed by atoms with van der Waals surface area (Å²) in [5, 5.41) is 7.13. The van der Waals surface area contributed by atoms with Crippen molar-refractivity contribution in [2.24, 2.45) is 0 Å². The number of aryl methyl sites for hydroxylation is 1. The lowest BCUT2D eigenvalue weighted by Gasteiger charge is -2.15. The van der Waals surface area contributed by atoms with Crippen LogP contribution in [0.2, 0.25) is 0 Å². The van der Waals surface area contributed by atoms with Crippen molar-refractivity contribution in [1.82, 2.24) is 25.3 Å². The monoisotopic (exact) mass is 464 g/mol. The van der Waals surface area contributed by atoms with E-state index in [2.05, 4.69) is 20.6 Å². The predicted octanol–water partition coefficient (Wildman–Crippen LogP) is 5.01. The number of hydrogen-bond donors (Lipinski definition) is 3. The Morgan fingerprint density at radius 2 is 1.94 bits per heavy atom. The summed E-state index contributed by atoms with van der Waals surface area (Å²) in [4.78, 5) is 29.9. The molecule has 5 rings (SSSR count). The highest BCUT2D eigenvalue weighted by Crippen LogP contribution is 2.31. The molecule has 2 aromatic carbocycles. The highest BCUT2D eigenvalue weighted by molar-refractivity contribution is 6.02. The van der Waals surface area contributed by atoms with Gasteiger partial charge in [0.1, 0.15) is 11.6 Å². The second kappa shape index (κ2) is 9.64. The number of ether oxygens (including phenoxy) is 1. The Balaban J connectivity index is 1.52. The van der Waals surface area contributed by atoms with Gasteiger partial charge in [-0.25, -0.2) is 9.97 Å². The largest absolute Gasteiger partial charge is 0.497 e. The maximum Gasteiger partial charge on any atom is 0.253 e. The first-order valence-electron chi connectivity index (χ1n) is 11.2. The van der Waals surface area contributed by atoms with E-state index in [-0.39, 0.29) is 5.91 Å². The number of anilines is 2. The fourth-order valence-electron chi connectivity index (χ4n) is 3.81. The summed E-state index contributed by atoms with van der Waals surface area (Å²) >= 11 is 0. The van der Waals surface area contributed by atoms with Crippen molar-refractivity contribution >= 4 is 28.3 Å². The maximum atomic E-state index is 13.1. The standard InChI is InChI=1S/C27H24N6O2/c1-17-11-13-29-24(17)16-30-27(34)20-7-3-4-8-22(20)32-26-21-14-19(35-2)9-10-23(21)31-25(33-26)18-6-5-12-28-15-18/h3-15,29H,16H2,1-2H3,(H,30,34)(H,31,32,33). The Morgan fingerprint density at radius 3 is 2.71 bits per heavy atom. The van der Waals surface area contributed by atoms with Crippen molar-refractivity contribution in [3.05, 3.63) is 96.1 Å². The number of rotatable bonds is 7. The van der Waals surface area contributed by atoms with Gasteiger partial charge in [0.05, 0.1) is 30.4 Å². The van der Waals surface area contributed by atoms with E-state index in [0.29, 0.717) is 35.2 Å². The van der Waals surface area contributed by atoms with Crippen LogP contribution in [0.5, 0.6) is 5.75 Å². The molecule has 0 saturated heterocycles. The summed E-state index contributed by atoms with van der Waals surface area (Å²) in [5.74, 6) is 1.59. The van der Waals surface area contributed by atoms with E-state index in [4.69, 9.17) is 14.7 Å². The van der Waals surface area contributed by atoms with Crippen molar-refractivity contribution in [3.8, 4) is 17.1 Å². The number of aromatic nitrogens is 4. The van der Waals surface area contributed by atoms with Gasteiger partial charge in [0.25, 0.3) is 5.91 Å². The molecule has 0 aliphatic rings. The van der Waals surface area contributed by atoms with Crippen molar-refractivity contribution in [2.75, 3.05) is 12.4 Å². The smallest absolute Gasteiger partial charge is 0.253 e. The molecule has 8 heteroatoms. The van der Waals surface area contributed by atoms with Crippen LogP contribution in [0.4, 0.5) is 11.5 Å². The number of methoxy groups -OCH3 is 1. The average molecular weight is 465 g/mol. The Bertz CT molecular complexity index is 1500. The van der Waals surface area contributed by atoms with Crippen LogP contribution in [0.1, 0.15) is 21.6 Å². The number of aromatic amines is 1. The number of para-hydroxylation sites is 1. The Morgan fingerprint density at radius 1 is 1.06 bits per heavy atom. The van der Waals surface area contributed by atoms with Crippen LogP contribution in [-0.2, 0) is 6.54 Å². The van der Waals surface area contributed by atoms with Crippen LogP contribution in [0.15, 0.2) is 79.3 Å². The molecule has 3 aromatic heterocycles. The van der Waals surface area contributed by atoms with Gasteiger partial charge in [0, 0.05) is 35.2 Å². The van der Waals surface area contributed by atoms with E-state index < -0.39 is 0 Å². The number of amides is 1. The number of pyridine rings is 1. The number of benzene rings is 2. The van der Waals surface area contributed by atoms with Gasteiger partial charge < -0.3 is 20.4 Å². The van der Waals surface area contributed by atoms with E-state index in [1.165, 1.54) is 0 Å². The first kappa shape index (κ1) is 22.1. The van der Waals surface area contributed by atoms with E-state index >= 15 is 0 Å². The third-order valence-electron chi connectivity index (χ3n) is 5.74. The number of H-pyrrole nitrogens is 1. The lowest BCUT2D eigenvalue weighted by atomic mass is 10.1. The lowest BCUT2D eigenvalue weighted by molar-refractivity contribution is 0.0951. The van der Waals surface area contributed by atoms with E-state index in [9.17, 15) is 4.79 Å². The number of carbonyl (C=O) groups is 1. The number of nitrogens with zero attached hydrogens (tertiary/aromatic N) is 3. The van der Waals surface area contributed by atoms with Gasteiger partial charge in [0.15, 0.2) is 5.82 Å². The Kier molecular flexibility index (Phi) is 6.09. The molecule has 0 atom stereocenters. The van der Waals surface area contributed by atoms with Crippen LogP contribution < -0.4 is 15.4 Å². The van der Waals surface area contributed by atoms with Gasteiger partial charge in [-0.3, -0.25) is 9.78 Å². The second-order valence-electron chi connectivity index (χ2n) is 8.01. The predicted molar refractivity (Wildman–Crippen MR) is 136 cm³/mol. The van der Waals surface area contributed by atoms with Gasteiger partial charge in [-0.15, -0.1) is 0 Å². The van der Waals surface area contributed by atoms with Crippen LogP contribution in [0.25, 0.3) is 22.3 Å². The average Bonchev–Trinajstić information content (AvgIpc) is 3.32. The number of fused-ring (bicyclic) bond motifs is 1. The summed E-state index contributed by atoms with van der Waals surface area (Å²) in [5.41, 5.74) is 4.74. The minimum Gasteiger partial charge on any atom is -0.497 e. The van der Waals surface area contributed by atoms with Crippen LogP contribution >= 0.6 is 0 Å². The van der Waals surface area contributed by atoms with Gasteiger partial charge in [-0.2, -0.15) is 0 Å². The van der Waals surface area contributed by atoms with Gasteiger partial charge in [-0.05, 0) is 61.0 Å². The highest BCUT2D eigenvalue weighted by atomic mass is 16.5. The van der Waals surface area contributed by atoms with Gasteiger partial charge >= 0.3 is 0 Å². The second-order valence-corrected chi connectivity index (χ2v) is 8.01. The topological polar surface area (TPSA) is 105 Å². The molecule has 0 aliphatic heterocycles. The zero-order valence-electron chi connectivity index (χ0n) is 19.4. The zero-order valence-corrected chi connectivity index (χ0v) is 19.4. The van der Waals surface area contributed by atoms with Crippen molar-refractivity contribution < 1.29 is 9.53 Å². The van der Waals surface area contributed by atoms with Crippen LogP contribution in [0.3, 0.4) is 0 Å². The molecule has 0 aliphatic carbocycles. The fourth-order valence-corrected chi connectivity index (χ4v) is 3.81. The molecular formula is C27H24N6O2. The molecule has 1 amide bonds. The Hall–Kier alpha value is -4.72. The SMILES string of the molecule is COc1ccc2nc(-c3cccnc3)nc(Nc3ccccc3C(=O)NCc3[nH]ccc3C)c2c1. The summed E-state index contributed by atoms with van der Waals surface area (Å²) in [6.07, 6.45) is 5.29. The summed E-state index contributed by atoms with van der Waals surface area (Å²) in [7, 11) is 1.62. The van der Waals surface area contributed by atoms with Crippen molar-refractivity contribution in [3.63, 3.8) is 0 Å². The molecule has 0 bridgehead atoms. The zero-order chi connectivity index (χ0) is 24.2. The molecule has 0 unspecified atom stereocenters. The normalized spacial score (nSPS) is 10.8. The Labute approximate surface area is 202 Å². The number of carbonyl (C=O) groups excluding carboxylic acids is 1. The quantitative estimate of drug-likeness (QED) is 0.313. The first-order valence-corrected chi connectivity index (χ1v) is 11.2. The minimum atomic E-state index is -0.189. The lowest BCUT2D eigenvalue weighted by Crippen LogP contribution is -2.24. The number of hydrogen-bond acceptors (Lipinski definition) is 6. The van der Waals surface area contributed by atoms with Crippen molar-refractivity contribution in [2.45, 2.75) is 13.5 Å². The van der Waals surface area contributed by atoms with E-state index in [1.807, 2.05) is 67.7 Å². The molecule has 0 radical (unpaired) electrons.